The molecule has 3 aromatic rings. The molecule has 2 amide bonds. The molecule has 7 heteroatoms. The van der Waals surface area contributed by atoms with Crippen molar-refractivity contribution < 1.29 is 14.3 Å². The van der Waals surface area contributed by atoms with Gasteiger partial charge in [0.25, 0.3) is 5.91 Å². The van der Waals surface area contributed by atoms with Crippen LogP contribution in [0.4, 0.5) is 5.69 Å². The van der Waals surface area contributed by atoms with Crippen LogP contribution in [0.2, 0.25) is 0 Å². The first-order valence-electron chi connectivity index (χ1n) is 12.9. The summed E-state index contributed by atoms with van der Waals surface area (Å²) in [6.07, 6.45) is 6.33. The minimum absolute atomic E-state index is 0.130. The Labute approximate surface area is 212 Å². The Morgan fingerprint density at radius 3 is 2.42 bits per heavy atom. The third-order valence-electron chi connectivity index (χ3n) is 7.57. The van der Waals surface area contributed by atoms with Gasteiger partial charge in [0, 0.05) is 17.3 Å². The molecule has 1 N–H and O–H groups in total. The number of aromatic nitrogens is 2. The molecule has 0 unspecified atom stereocenters. The number of nitrogens with one attached hydrogen (secondary N) is 1. The molecule has 0 spiro atoms. The highest BCUT2D eigenvalue weighted by Gasteiger charge is 2.49. The average Bonchev–Trinajstić information content (AvgIpc) is 3.33. The van der Waals surface area contributed by atoms with Crippen LogP contribution in [0, 0.1) is 0 Å². The smallest absolute Gasteiger partial charge is 0.277 e. The van der Waals surface area contributed by atoms with Crippen molar-refractivity contribution in [2.45, 2.75) is 70.5 Å². The third-order valence-corrected chi connectivity index (χ3v) is 7.57. The summed E-state index contributed by atoms with van der Waals surface area (Å²) in [5.41, 5.74) is 2.85. The molecular weight excluding hydrogens is 452 g/mol. The SMILES string of the molecule is CCc1ccc(N2C(=O)c3cc(-c4ccc(OC)cc4)nn3C[C@]2(C)C(=O)NC2CCCCC2)cc1. The Morgan fingerprint density at radius 1 is 1.08 bits per heavy atom. The molecule has 1 aliphatic heterocycles. The number of methoxy groups -OCH3 is 1. The highest BCUT2D eigenvalue weighted by atomic mass is 16.5. The number of carbonyl (C=O) groups is 2. The van der Waals surface area contributed by atoms with E-state index in [1.165, 1.54) is 12.0 Å². The normalized spacial score (nSPS) is 20.2. The molecule has 1 fully saturated rings. The second-order valence-corrected chi connectivity index (χ2v) is 10.0. The van der Waals surface area contributed by atoms with Gasteiger partial charge in [-0.1, -0.05) is 38.3 Å². The summed E-state index contributed by atoms with van der Waals surface area (Å²) in [5, 5.41) is 8.02. The summed E-state index contributed by atoms with van der Waals surface area (Å²) in [6.45, 7) is 4.23. The van der Waals surface area contributed by atoms with E-state index in [-0.39, 0.29) is 24.4 Å². The lowest BCUT2D eigenvalue weighted by molar-refractivity contribution is -0.127. The molecule has 0 radical (unpaired) electrons. The molecule has 2 aliphatic rings. The van der Waals surface area contributed by atoms with E-state index in [4.69, 9.17) is 9.84 Å². The summed E-state index contributed by atoms with van der Waals surface area (Å²) >= 11 is 0. The molecule has 0 bridgehead atoms. The summed E-state index contributed by atoms with van der Waals surface area (Å²) in [5.74, 6) is 0.404. The highest BCUT2D eigenvalue weighted by molar-refractivity contribution is 6.12. The van der Waals surface area contributed by atoms with Gasteiger partial charge >= 0.3 is 0 Å². The van der Waals surface area contributed by atoms with Crippen LogP contribution in [0.25, 0.3) is 11.3 Å². The molecule has 188 valence electrons. The maximum Gasteiger partial charge on any atom is 0.277 e. The number of ether oxygens (including phenoxy) is 1. The number of amides is 2. The first kappa shape index (κ1) is 24.1. The Kier molecular flexibility index (Phi) is 6.56. The van der Waals surface area contributed by atoms with Gasteiger partial charge in [0.1, 0.15) is 17.0 Å². The predicted octanol–water partition coefficient (Wildman–Crippen LogP) is 4.99. The van der Waals surface area contributed by atoms with E-state index in [2.05, 4.69) is 12.2 Å². The van der Waals surface area contributed by atoms with E-state index in [1.54, 1.807) is 16.7 Å². The summed E-state index contributed by atoms with van der Waals surface area (Å²) in [6, 6.07) is 17.5. The standard InChI is InChI=1S/C29H34N4O3/c1-4-20-10-14-23(15-11-20)33-27(34)26-18-25(21-12-16-24(36-3)17-13-21)31-32(26)19-29(33,2)28(35)30-22-8-6-5-7-9-22/h10-18,22H,4-9,19H2,1-3H3,(H,30,35)/t29-/m1/s1. The zero-order valence-electron chi connectivity index (χ0n) is 21.3. The third kappa shape index (κ3) is 4.38. The van der Waals surface area contributed by atoms with Crippen molar-refractivity contribution in [3.05, 3.63) is 65.9 Å². The number of hydrogen-bond donors (Lipinski definition) is 1. The van der Waals surface area contributed by atoms with Crippen molar-refractivity contribution in [1.29, 1.82) is 0 Å². The van der Waals surface area contributed by atoms with E-state index in [9.17, 15) is 9.59 Å². The maximum atomic E-state index is 14.0. The number of rotatable bonds is 6. The molecular formula is C29H34N4O3. The van der Waals surface area contributed by atoms with Crippen molar-refractivity contribution in [2.24, 2.45) is 0 Å². The number of carbonyl (C=O) groups excluding carboxylic acids is 2. The zero-order valence-corrected chi connectivity index (χ0v) is 21.3. The van der Waals surface area contributed by atoms with E-state index >= 15 is 0 Å². The van der Waals surface area contributed by atoms with Gasteiger partial charge in [-0.05, 0) is 74.2 Å². The number of aryl methyl sites for hydroxylation is 1. The molecule has 1 atom stereocenters. The fourth-order valence-corrected chi connectivity index (χ4v) is 5.36. The van der Waals surface area contributed by atoms with Crippen LogP contribution in [0.15, 0.2) is 54.6 Å². The Bertz CT molecular complexity index is 1240. The molecule has 7 nitrogen and oxygen atoms in total. The molecule has 1 aliphatic carbocycles. The van der Waals surface area contributed by atoms with Gasteiger partial charge in [0.2, 0.25) is 5.91 Å². The van der Waals surface area contributed by atoms with Crippen LogP contribution in [0.5, 0.6) is 5.75 Å². The lowest BCUT2D eigenvalue weighted by Crippen LogP contribution is -2.65. The average molecular weight is 487 g/mol. The van der Waals surface area contributed by atoms with Crippen LogP contribution in [-0.4, -0.2) is 40.3 Å². The van der Waals surface area contributed by atoms with E-state index < -0.39 is 5.54 Å². The topological polar surface area (TPSA) is 76.5 Å². The molecule has 2 heterocycles. The van der Waals surface area contributed by atoms with Gasteiger partial charge in [-0.2, -0.15) is 5.10 Å². The molecule has 1 aromatic heterocycles. The fraction of sp³-hybridized carbons (Fsp3) is 0.414. The first-order valence-corrected chi connectivity index (χ1v) is 12.9. The molecule has 1 saturated carbocycles. The predicted molar refractivity (Wildman–Crippen MR) is 140 cm³/mol. The van der Waals surface area contributed by atoms with Crippen molar-refractivity contribution in [3.63, 3.8) is 0 Å². The largest absolute Gasteiger partial charge is 0.497 e. The van der Waals surface area contributed by atoms with Gasteiger partial charge in [-0.15, -0.1) is 0 Å². The van der Waals surface area contributed by atoms with Crippen LogP contribution < -0.4 is 15.0 Å². The van der Waals surface area contributed by atoms with Crippen LogP contribution in [-0.2, 0) is 17.8 Å². The van der Waals surface area contributed by atoms with E-state index in [1.807, 2.05) is 61.5 Å². The van der Waals surface area contributed by atoms with Gasteiger partial charge < -0.3 is 10.1 Å². The summed E-state index contributed by atoms with van der Waals surface area (Å²) < 4.78 is 6.96. The van der Waals surface area contributed by atoms with Gasteiger partial charge in [-0.3, -0.25) is 19.2 Å². The number of nitrogens with zero attached hydrogens (tertiary/aromatic N) is 3. The van der Waals surface area contributed by atoms with Crippen molar-refractivity contribution in [2.75, 3.05) is 12.0 Å². The Morgan fingerprint density at radius 2 is 1.78 bits per heavy atom. The quantitative estimate of drug-likeness (QED) is 0.533. The van der Waals surface area contributed by atoms with Crippen molar-refractivity contribution >= 4 is 17.5 Å². The number of hydrogen-bond acceptors (Lipinski definition) is 4. The molecule has 36 heavy (non-hydrogen) atoms. The number of benzene rings is 2. The minimum atomic E-state index is -1.11. The Hall–Kier alpha value is -3.61. The second-order valence-electron chi connectivity index (χ2n) is 10.0. The fourth-order valence-electron chi connectivity index (χ4n) is 5.36. The molecule has 0 saturated heterocycles. The van der Waals surface area contributed by atoms with E-state index in [0.717, 1.165) is 49.1 Å². The van der Waals surface area contributed by atoms with Gasteiger partial charge in [-0.25, -0.2) is 0 Å². The summed E-state index contributed by atoms with van der Waals surface area (Å²) in [7, 11) is 1.63. The van der Waals surface area contributed by atoms with Crippen LogP contribution in [0.3, 0.4) is 0 Å². The van der Waals surface area contributed by atoms with Gasteiger partial charge in [0.15, 0.2) is 0 Å². The van der Waals surface area contributed by atoms with Crippen molar-refractivity contribution in [1.82, 2.24) is 15.1 Å². The van der Waals surface area contributed by atoms with E-state index in [0.29, 0.717) is 11.4 Å². The Balaban J connectivity index is 1.53. The summed E-state index contributed by atoms with van der Waals surface area (Å²) in [4.78, 5) is 29.5. The minimum Gasteiger partial charge on any atom is -0.497 e. The zero-order chi connectivity index (χ0) is 25.3. The van der Waals surface area contributed by atoms with Crippen LogP contribution >= 0.6 is 0 Å². The highest BCUT2D eigenvalue weighted by Crippen LogP contribution is 2.35. The molecule has 2 aromatic carbocycles. The van der Waals surface area contributed by atoms with Gasteiger partial charge in [0.05, 0.1) is 19.3 Å². The van der Waals surface area contributed by atoms with Crippen molar-refractivity contribution in [3.8, 4) is 17.0 Å². The first-order chi connectivity index (χ1) is 17.4. The molecule has 5 rings (SSSR count). The monoisotopic (exact) mass is 486 g/mol. The number of fused-ring (bicyclic) bond motifs is 1. The van der Waals surface area contributed by atoms with Crippen LogP contribution in [0.1, 0.15) is 62.0 Å². The second kappa shape index (κ2) is 9.80. The number of anilines is 1. The maximum absolute atomic E-state index is 14.0. The lowest BCUT2D eigenvalue weighted by Gasteiger charge is -2.44. The lowest BCUT2D eigenvalue weighted by atomic mass is 9.91.